The lowest BCUT2D eigenvalue weighted by molar-refractivity contribution is 0.0784. The van der Waals surface area contributed by atoms with Crippen LogP contribution in [0.4, 0.5) is 5.69 Å². The van der Waals surface area contributed by atoms with Crippen LogP contribution in [0.2, 0.25) is 0 Å². The highest BCUT2D eigenvalue weighted by Gasteiger charge is 2.31. The number of carbonyl (C=O) groups excluding carboxylic acids is 1. The van der Waals surface area contributed by atoms with E-state index in [1.54, 1.807) is 6.07 Å². The molecule has 0 bridgehead atoms. The predicted molar refractivity (Wildman–Crippen MR) is 108 cm³/mol. The standard InChI is InChI=1S/C21H24N6O2/c1-15-3-2-4-18(22-15)21(28)26-8-7-16(13-26)20-23-19-6-5-17(14-27(19)24-20)25-9-11-29-12-10-25/h2-6,14,16H,7-13H2,1H3/t16-/m0/s1. The normalized spacial score (nSPS) is 19.8. The second-order valence-corrected chi connectivity index (χ2v) is 7.66. The molecule has 8 heteroatoms. The molecule has 29 heavy (non-hydrogen) atoms. The van der Waals surface area contributed by atoms with Gasteiger partial charge in [0.05, 0.1) is 25.1 Å². The average Bonchev–Trinajstić information content (AvgIpc) is 3.40. The topological polar surface area (TPSA) is 75.9 Å². The van der Waals surface area contributed by atoms with E-state index in [0.717, 1.165) is 55.6 Å². The number of likely N-dealkylation sites (tertiary alicyclic amines) is 1. The van der Waals surface area contributed by atoms with Crippen molar-refractivity contribution >= 4 is 17.2 Å². The van der Waals surface area contributed by atoms with E-state index in [1.807, 2.05) is 40.7 Å². The first kappa shape index (κ1) is 18.1. The van der Waals surface area contributed by atoms with Crippen LogP contribution < -0.4 is 4.90 Å². The largest absolute Gasteiger partial charge is 0.378 e. The van der Waals surface area contributed by atoms with Gasteiger partial charge < -0.3 is 14.5 Å². The van der Waals surface area contributed by atoms with Gasteiger partial charge in [-0.1, -0.05) is 6.07 Å². The highest BCUT2D eigenvalue weighted by Crippen LogP contribution is 2.27. The van der Waals surface area contributed by atoms with Crippen molar-refractivity contribution in [3.8, 4) is 0 Å². The van der Waals surface area contributed by atoms with Crippen molar-refractivity contribution in [1.29, 1.82) is 0 Å². The molecule has 2 saturated heterocycles. The third-order valence-corrected chi connectivity index (χ3v) is 5.66. The molecule has 0 aliphatic carbocycles. The molecule has 0 unspecified atom stereocenters. The van der Waals surface area contributed by atoms with E-state index in [9.17, 15) is 4.79 Å². The van der Waals surface area contributed by atoms with Gasteiger partial charge in [0.1, 0.15) is 5.69 Å². The molecule has 3 aromatic heterocycles. The van der Waals surface area contributed by atoms with Crippen molar-refractivity contribution in [3.63, 3.8) is 0 Å². The number of morpholine rings is 1. The van der Waals surface area contributed by atoms with E-state index in [-0.39, 0.29) is 11.8 Å². The summed E-state index contributed by atoms with van der Waals surface area (Å²) in [7, 11) is 0. The number of ether oxygens (including phenoxy) is 1. The van der Waals surface area contributed by atoms with Gasteiger partial charge in [-0.25, -0.2) is 14.5 Å². The first-order valence-corrected chi connectivity index (χ1v) is 10.1. The third-order valence-electron chi connectivity index (χ3n) is 5.66. The molecule has 3 aromatic rings. The SMILES string of the molecule is Cc1cccc(C(=O)N2CC[C@H](c3nc4ccc(N5CCOCC5)cn4n3)C2)n1. The minimum absolute atomic E-state index is 0.0189. The number of fused-ring (bicyclic) bond motifs is 1. The number of nitrogens with zero attached hydrogens (tertiary/aromatic N) is 6. The van der Waals surface area contributed by atoms with Crippen molar-refractivity contribution in [2.75, 3.05) is 44.3 Å². The maximum Gasteiger partial charge on any atom is 0.272 e. The van der Waals surface area contributed by atoms with E-state index in [4.69, 9.17) is 14.8 Å². The minimum Gasteiger partial charge on any atom is -0.378 e. The molecule has 8 nitrogen and oxygen atoms in total. The summed E-state index contributed by atoms with van der Waals surface area (Å²) in [4.78, 5) is 26.0. The Balaban J connectivity index is 1.32. The fourth-order valence-corrected chi connectivity index (χ4v) is 4.05. The monoisotopic (exact) mass is 392 g/mol. The van der Waals surface area contributed by atoms with Crippen LogP contribution in [0.1, 0.15) is 34.3 Å². The quantitative estimate of drug-likeness (QED) is 0.678. The Labute approximate surface area is 169 Å². The molecule has 1 atom stereocenters. The molecule has 5 heterocycles. The predicted octanol–water partition coefficient (Wildman–Crippen LogP) is 1.90. The summed E-state index contributed by atoms with van der Waals surface area (Å²) in [5, 5.41) is 4.72. The number of pyridine rings is 2. The smallest absolute Gasteiger partial charge is 0.272 e. The highest BCUT2D eigenvalue weighted by atomic mass is 16.5. The van der Waals surface area contributed by atoms with Gasteiger partial charge in [0.15, 0.2) is 11.5 Å². The molecule has 5 rings (SSSR count). The Morgan fingerprint density at radius 1 is 1.10 bits per heavy atom. The Hall–Kier alpha value is -3.00. The maximum absolute atomic E-state index is 12.8. The number of hydrogen-bond donors (Lipinski definition) is 0. The van der Waals surface area contributed by atoms with Gasteiger partial charge >= 0.3 is 0 Å². The molecular formula is C21H24N6O2. The number of carbonyl (C=O) groups is 1. The first-order chi connectivity index (χ1) is 14.2. The summed E-state index contributed by atoms with van der Waals surface area (Å²) in [5.74, 6) is 0.932. The zero-order valence-electron chi connectivity index (χ0n) is 16.5. The van der Waals surface area contributed by atoms with Gasteiger partial charge in [-0.3, -0.25) is 4.79 Å². The van der Waals surface area contributed by atoms with E-state index in [1.165, 1.54) is 0 Å². The fraction of sp³-hybridized carbons (Fsp3) is 0.429. The van der Waals surface area contributed by atoms with Crippen molar-refractivity contribution in [1.82, 2.24) is 24.5 Å². The van der Waals surface area contributed by atoms with Gasteiger partial charge in [0.2, 0.25) is 0 Å². The molecule has 0 spiro atoms. The zero-order chi connectivity index (χ0) is 19.8. The molecule has 1 amide bonds. The highest BCUT2D eigenvalue weighted by molar-refractivity contribution is 5.92. The van der Waals surface area contributed by atoms with Crippen LogP contribution in [0.15, 0.2) is 36.5 Å². The van der Waals surface area contributed by atoms with E-state index >= 15 is 0 Å². The summed E-state index contributed by atoms with van der Waals surface area (Å²) in [6, 6.07) is 9.65. The Bertz CT molecular complexity index is 1040. The molecular weight excluding hydrogens is 368 g/mol. The lowest BCUT2D eigenvalue weighted by Gasteiger charge is -2.28. The van der Waals surface area contributed by atoms with Crippen molar-refractivity contribution in [3.05, 3.63) is 53.7 Å². The molecule has 2 aliphatic rings. The molecule has 0 aromatic carbocycles. The van der Waals surface area contributed by atoms with Gasteiger partial charge in [-0.15, -0.1) is 0 Å². The molecule has 150 valence electrons. The van der Waals surface area contributed by atoms with E-state index in [2.05, 4.69) is 16.0 Å². The molecule has 0 saturated carbocycles. The summed E-state index contributed by atoms with van der Waals surface area (Å²) >= 11 is 0. The Morgan fingerprint density at radius 2 is 1.97 bits per heavy atom. The number of rotatable bonds is 3. The van der Waals surface area contributed by atoms with Crippen LogP contribution in [0.25, 0.3) is 5.65 Å². The van der Waals surface area contributed by atoms with Crippen LogP contribution >= 0.6 is 0 Å². The van der Waals surface area contributed by atoms with Crippen LogP contribution in [-0.4, -0.2) is 69.8 Å². The molecule has 2 aliphatic heterocycles. The van der Waals surface area contributed by atoms with Crippen molar-refractivity contribution in [2.24, 2.45) is 0 Å². The van der Waals surface area contributed by atoms with Gasteiger partial charge in [-0.2, -0.15) is 5.10 Å². The van der Waals surface area contributed by atoms with E-state index < -0.39 is 0 Å². The van der Waals surface area contributed by atoms with Crippen LogP contribution in [0, 0.1) is 6.92 Å². The summed E-state index contributed by atoms with van der Waals surface area (Å²) in [6.45, 7) is 6.51. The number of anilines is 1. The molecule has 0 radical (unpaired) electrons. The minimum atomic E-state index is -0.0189. The number of amides is 1. The average molecular weight is 392 g/mol. The zero-order valence-corrected chi connectivity index (χ0v) is 16.5. The number of aromatic nitrogens is 4. The number of hydrogen-bond acceptors (Lipinski definition) is 6. The molecule has 0 N–H and O–H groups in total. The summed E-state index contributed by atoms with van der Waals surface area (Å²) < 4.78 is 7.29. The van der Waals surface area contributed by atoms with Gasteiger partial charge in [0.25, 0.3) is 5.91 Å². The summed E-state index contributed by atoms with van der Waals surface area (Å²) in [5.41, 5.74) is 3.32. The first-order valence-electron chi connectivity index (χ1n) is 10.1. The van der Waals surface area contributed by atoms with Gasteiger partial charge in [-0.05, 0) is 37.6 Å². The molecule has 2 fully saturated rings. The second kappa shape index (κ2) is 7.44. The number of aryl methyl sites for hydroxylation is 1. The Morgan fingerprint density at radius 3 is 2.79 bits per heavy atom. The van der Waals surface area contributed by atoms with Crippen molar-refractivity contribution < 1.29 is 9.53 Å². The van der Waals surface area contributed by atoms with Crippen LogP contribution in [0.3, 0.4) is 0 Å². The van der Waals surface area contributed by atoms with Gasteiger partial charge in [0, 0.05) is 37.8 Å². The van der Waals surface area contributed by atoms with E-state index in [0.29, 0.717) is 18.8 Å². The van der Waals surface area contributed by atoms with Crippen LogP contribution in [-0.2, 0) is 4.74 Å². The fourth-order valence-electron chi connectivity index (χ4n) is 4.05. The third kappa shape index (κ3) is 3.55. The lowest BCUT2D eigenvalue weighted by atomic mass is 10.1. The second-order valence-electron chi connectivity index (χ2n) is 7.66. The van der Waals surface area contributed by atoms with Crippen LogP contribution in [0.5, 0.6) is 0 Å². The summed E-state index contributed by atoms with van der Waals surface area (Å²) in [6.07, 6.45) is 2.90. The van der Waals surface area contributed by atoms with Crippen molar-refractivity contribution in [2.45, 2.75) is 19.3 Å². The lowest BCUT2D eigenvalue weighted by Crippen LogP contribution is -2.36. The Kier molecular flexibility index (Phi) is 4.63. The maximum atomic E-state index is 12.8.